The van der Waals surface area contributed by atoms with Gasteiger partial charge in [-0.15, -0.1) is 0 Å². The molecule has 0 saturated heterocycles. The van der Waals surface area contributed by atoms with Crippen molar-refractivity contribution in [2.24, 2.45) is 0 Å². The lowest BCUT2D eigenvalue weighted by Crippen LogP contribution is -2.01. The summed E-state index contributed by atoms with van der Waals surface area (Å²) in [5, 5.41) is 3.88. The van der Waals surface area contributed by atoms with Gasteiger partial charge in [-0.3, -0.25) is 0 Å². The van der Waals surface area contributed by atoms with Crippen LogP contribution < -0.4 is 5.32 Å². The monoisotopic (exact) mass is 277 g/mol. The van der Waals surface area contributed by atoms with Gasteiger partial charge in [0.15, 0.2) is 0 Å². The number of halogens is 1. The Labute approximate surface area is 112 Å². The number of benzene rings is 1. The van der Waals surface area contributed by atoms with Crippen molar-refractivity contribution in [3.05, 3.63) is 41.4 Å². The van der Waals surface area contributed by atoms with Crippen LogP contribution in [-0.4, -0.2) is 18.7 Å². The Kier molecular flexibility index (Phi) is 3.04. The average Bonchev–Trinajstić information content (AvgIpc) is 2.87. The van der Waals surface area contributed by atoms with E-state index in [2.05, 4.69) is 24.0 Å². The number of anilines is 1. The smallest absolute Gasteiger partial charge is 0.129 e. The molecule has 18 heavy (non-hydrogen) atoms. The van der Waals surface area contributed by atoms with Crippen LogP contribution in [0.2, 0.25) is 5.02 Å². The van der Waals surface area contributed by atoms with Gasteiger partial charge >= 0.3 is 0 Å². The molecule has 0 radical (unpaired) electrons. The number of hydrogen-bond acceptors (Lipinski definition) is 6. The highest BCUT2D eigenvalue weighted by molar-refractivity contribution is 7.00. The fraction of sp³-hybridized carbons (Fsp3) is 0.0909. The van der Waals surface area contributed by atoms with E-state index in [4.69, 9.17) is 11.6 Å². The molecule has 0 aliphatic heterocycles. The molecule has 0 amide bonds. The van der Waals surface area contributed by atoms with Crippen LogP contribution in [0.5, 0.6) is 0 Å². The van der Waals surface area contributed by atoms with Gasteiger partial charge in [0.25, 0.3) is 0 Å². The fourth-order valence-corrected chi connectivity index (χ4v) is 2.37. The molecule has 0 atom stereocenters. The molecule has 0 aliphatic carbocycles. The molecule has 2 aromatic heterocycles. The Bertz CT molecular complexity index is 670. The van der Waals surface area contributed by atoms with Crippen LogP contribution in [-0.2, 0) is 6.54 Å². The van der Waals surface area contributed by atoms with Gasteiger partial charge in [0.05, 0.1) is 22.4 Å². The molecule has 0 bridgehead atoms. The van der Waals surface area contributed by atoms with Gasteiger partial charge in [-0.25, -0.2) is 9.97 Å². The third-order valence-corrected chi connectivity index (χ3v) is 3.32. The highest BCUT2D eigenvalue weighted by Crippen LogP contribution is 2.30. The first-order valence-electron chi connectivity index (χ1n) is 5.23. The molecule has 0 unspecified atom stereocenters. The second-order valence-corrected chi connectivity index (χ2v) is 4.59. The minimum atomic E-state index is 0.594. The standard InChI is InChI=1S/C11H8ClN5S/c12-8-1-2-9-11(17-18-16-9)10(8)15-5-7-3-13-6-14-4-7/h1-4,6,15H,5H2. The summed E-state index contributed by atoms with van der Waals surface area (Å²) in [5.74, 6) is 0. The van der Waals surface area contributed by atoms with E-state index in [-0.39, 0.29) is 0 Å². The highest BCUT2D eigenvalue weighted by atomic mass is 35.5. The Balaban J connectivity index is 1.90. The van der Waals surface area contributed by atoms with Gasteiger partial charge < -0.3 is 5.32 Å². The molecule has 5 nitrogen and oxygen atoms in total. The van der Waals surface area contributed by atoms with E-state index in [0.29, 0.717) is 11.6 Å². The number of nitrogens with zero attached hydrogens (tertiary/aromatic N) is 4. The normalized spacial score (nSPS) is 10.7. The minimum absolute atomic E-state index is 0.594. The van der Waals surface area contributed by atoms with Crippen LogP contribution in [0, 0.1) is 0 Å². The van der Waals surface area contributed by atoms with E-state index in [1.54, 1.807) is 12.4 Å². The molecule has 0 aliphatic rings. The molecule has 3 aromatic rings. The number of nitrogens with one attached hydrogen (secondary N) is 1. The maximum atomic E-state index is 6.17. The maximum absolute atomic E-state index is 6.17. The predicted octanol–water partition coefficient (Wildman–Crippen LogP) is 2.75. The SMILES string of the molecule is Clc1ccc2nsnc2c1NCc1cncnc1. The van der Waals surface area contributed by atoms with Crippen molar-refractivity contribution in [1.29, 1.82) is 0 Å². The van der Waals surface area contributed by atoms with Crippen LogP contribution in [0.15, 0.2) is 30.9 Å². The summed E-state index contributed by atoms with van der Waals surface area (Å²) in [7, 11) is 0. The van der Waals surface area contributed by atoms with E-state index < -0.39 is 0 Å². The summed E-state index contributed by atoms with van der Waals surface area (Å²) < 4.78 is 8.43. The van der Waals surface area contributed by atoms with Gasteiger partial charge in [0.1, 0.15) is 17.4 Å². The number of fused-ring (bicyclic) bond motifs is 1. The third kappa shape index (κ3) is 2.12. The molecular weight excluding hydrogens is 270 g/mol. The molecule has 7 heteroatoms. The quantitative estimate of drug-likeness (QED) is 0.797. The summed E-state index contributed by atoms with van der Waals surface area (Å²) in [5.41, 5.74) is 3.42. The van der Waals surface area contributed by atoms with E-state index in [1.165, 1.54) is 18.1 Å². The topological polar surface area (TPSA) is 63.6 Å². The summed E-state index contributed by atoms with van der Waals surface area (Å²) >= 11 is 7.34. The van der Waals surface area contributed by atoms with Gasteiger partial charge in [-0.2, -0.15) is 8.75 Å². The first kappa shape index (κ1) is 11.3. The lowest BCUT2D eigenvalue weighted by atomic mass is 10.2. The van der Waals surface area contributed by atoms with Crippen LogP contribution in [0.3, 0.4) is 0 Å². The molecule has 1 aromatic carbocycles. The number of hydrogen-bond donors (Lipinski definition) is 1. The van der Waals surface area contributed by atoms with Crippen LogP contribution >= 0.6 is 23.3 Å². The largest absolute Gasteiger partial charge is 0.378 e. The van der Waals surface area contributed by atoms with Crippen molar-refractivity contribution in [3.63, 3.8) is 0 Å². The van der Waals surface area contributed by atoms with E-state index in [0.717, 1.165) is 22.3 Å². The van der Waals surface area contributed by atoms with E-state index in [9.17, 15) is 0 Å². The average molecular weight is 278 g/mol. The molecule has 90 valence electrons. The molecule has 0 spiro atoms. The summed E-state index contributed by atoms with van der Waals surface area (Å²) in [6, 6.07) is 3.67. The molecule has 3 rings (SSSR count). The van der Waals surface area contributed by atoms with Crippen molar-refractivity contribution < 1.29 is 0 Å². The van der Waals surface area contributed by atoms with Crippen molar-refractivity contribution in [2.45, 2.75) is 6.54 Å². The molecule has 0 saturated carbocycles. The first-order chi connectivity index (χ1) is 8.84. The van der Waals surface area contributed by atoms with Crippen molar-refractivity contribution >= 4 is 40.0 Å². The third-order valence-electron chi connectivity index (χ3n) is 2.46. The Morgan fingerprint density at radius 3 is 2.83 bits per heavy atom. The minimum Gasteiger partial charge on any atom is -0.378 e. The van der Waals surface area contributed by atoms with Gasteiger partial charge in [-0.1, -0.05) is 11.6 Å². The van der Waals surface area contributed by atoms with Gasteiger partial charge in [0, 0.05) is 24.5 Å². The summed E-state index contributed by atoms with van der Waals surface area (Å²) in [6.45, 7) is 0.594. The molecule has 2 heterocycles. The van der Waals surface area contributed by atoms with E-state index in [1.807, 2.05) is 12.1 Å². The number of rotatable bonds is 3. The zero-order valence-corrected chi connectivity index (χ0v) is 10.7. The maximum Gasteiger partial charge on any atom is 0.129 e. The first-order valence-corrected chi connectivity index (χ1v) is 6.34. The zero-order valence-electron chi connectivity index (χ0n) is 9.17. The second kappa shape index (κ2) is 4.83. The Morgan fingerprint density at radius 2 is 2.00 bits per heavy atom. The van der Waals surface area contributed by atoms with Crippen LogP contribution in [0.25, 0.3) is 11.0 Å². The molecule has 1 N–H and O–H groups in total. The van der Waals surface area contributed by atoms with Crippen LogP contribution in [0.4, 0.5) is 5.69 Å². The fourth-order valence-electron chi connectivity index (χ4n) is 1.61. The summed E-state index contributed by atoms with van der Waals surface area (Å²) in [4.78, 5) is 7.92. The lowest BCUT2D eigenvalue weighted by molar-refractivity contribution is 1.05. The van der Waals surface area contributed by atoms with Crippen molar-refractivity contribution in [2.75, 3.05) is 5.32 Å². The molecular formula is C11H8ClN5S. The van der Waals surface area contributed by atoms with Gasteiger partial charge in [0.2, 0.25) is 0 Å². The van der Waals surface area contributed by atoms with Crippen LogP contribution in [0.1, 0.15) is 5.56 Å². The molecule has 0 fully saturated rings. The lowest BCUT2D eigenvalue weighted by Gasteiger charge is -2.08. The Morgan fingerprint density at radius 1 is 1.17 bits per heavy atom. The summed E-state index contributed by atoms with van der Waals surface area (Å²) in [6.07, 6.45) is 5.02. The van der Waals surface area contributed by atoms with Gasteiger partial charge in [-0.05, 0) is 12.1 Å². The predicted molar refractivity (Wildman–Crippen MR) is 71.8 cm³/mol. The van der Waals surface area contributed by atoms with Crippen molar-refractivity contribution in [1.82, 2.24) is 18.7 Å². The van der Waals surface area contributed by atoms with E-state index >= 15 is 0 Å². The zero-order chi connectivity index (χ0) is 12.4. The second-order valence-electron chi connectivity index (χ2n) is 3.65. The van der Waals surface area contributed by atoms with Crippen molar-refractivity contribution in [3.8, 4) is 0 Å². The highest BCUT2D eigenvalue weighted by Gasteiger charge is 2.09. The number of aromatic nitrogens is 4. The Hall–Kier alpha value is -1.79.